The van der Waals surface area contributed by atoms with Crippen LogP contribution in [-0.4, -0.2) is 11.0 Å². The molecule has 0 saturated heterocycles. The van der Waals surface area contributed by atoms with Crippen LogP contribution in [0.1, 0.15) is 32.9 Å². The van der Waals surface area contributed by atoms with Crippen LogP contribution in [0, 0.1) is 5.92 Å². The van der Waals surface area contributed by atoms with Gasteiger partial charge >= 0.3 is 6.18 Å². The lowest BCUT2D eigenvalue weighted by atomic mass is 10.0. The van der Waals surface area contributed by atoms with E-state index in [4.69, 9.17) is 0 Å². The molecule has 1 unspecified atom stereocenters. The van der Waals surface area contributed by atoms with Crippen molar-refractivity contribution < 1.29 is 13.2 Å². The predicted molar refractivity (Wildman–Crippen MR) is 61.8 cm³/mol. The SMILES string of the molecule is CCC(Nc1ccc(C(F)(F)F)nc1)C(C)C. The van der Waals surface area contributed by atoms with Crippen LogP contribution in [0.3, 0.4) is 0 Å². The van der Waals surface area contributed by atoms with Crippen molar-refractivity contribution >= 4 is 5.69 Å². The maximum atomic E-state index is 12.3. The molecule has 1 aromatic heterocycles. The molecule has 5 heteroatoms. The van der Waals surface area contributed by atoms with Gasteiger partial charge in [-0.15, -0.1) is 0 Å². The summed E-state index contributed by atoms with van der Waals surface area (Å²) in [7, 11) is 0. The number of anilines is 1. The van der Waals surface area contributed by atoms with Crippen molar-refractivity contribution in [2.75, 3.05) is 5.32 Å². The standard InChI is InChI=1S/C12H17F3N2/c1-4-10(8(2)3)17-9-5-6-11(16-7-9)12(13,14)15/h5-8,10,17H,4H2,1-3H3. The Hall–Kier alpha value is -1.26. The first-order valence-electron chi connectivity index (χ1n) is 5.64. The van der Waals surface area contributed by atoms with Gasteiger partial charge < -0.3 is 5.32 Å². The molecular formula is C12H17F3N2. The van der Waals surface area contributed by atoms with Gasteiger partial charge in [0, 0.05) is 6.04 Å². The molecule has 0 aliphatic carbocycles. The average Bonchev–Trinajstić information content (AvgIpc) is 2.25. The maximum absolute atomic E-state index is 12.3. The van der Waals surface area contributed by atoms with Gasteiger partial charge in [0.25, 0.3) is 0 Å². The number of alkyl halides is 3. The van der Waals surface area contributed by atoms with E-state index in [0.717, 1.165) is 12.5 Å². The third-order valence-corrected chi connectivity index (χ3v) is 2.65. The Balaban J connectivity index is 2.75. The molecule has 17 heavy (non-hydrogen) atoms. The van der Waals surface area contributed by atoms with Crippen molar-refractivity contribution in [3.8, 4) is 0 Å². The first kappa shape index (κ1) is 13.8. The Morgan fingerprint density at radius 3 is 2.29 bits per heavy atom. The summed E-state index contributed by atoms with van der Waals surface area (Å²) in [5.41, 5.74) is -0.237. The van der Waals surface area contributed by atoms with Crippen molar-refractivity contribution in [3.63, 3.8) is 0 Å². The van der Waals surface area contributed by atoms with Crippen LogP contribution in [-0.2, 0) is 6.18 Å². The Kier molecular flexibility index (Phi) is 4.37. The molecule has 0 amide bonds. The zero-order valence-corrected chi connectivity index (χ0v) is 10.2. The lowest BCUT2D eigenvalue weighted by Gasteiger charge is -2.21. The highest BCUT2D eigenvalue weighted by molar-refractivity contribution is 5.42. The quantitative estimate of drug-likeness (QED) is 0.870. The molecule has 1 rings (SSSR count). The Morgan fingerprint density at radius 2 is 1.94 bits per heavy atom. The summed E-state index contributed by atoms with van der Waals surface area (Å²) in [5, 5.41) is 3.18. The number of hydrogen-bond acceptors (Lipinski definition) is 2. The number of hydrogen-bond donors (Lipinski definition) is 1. The molecule has 0 saturated carbocycles. The highest BCUT2D eigenvalue weighted by Crippen LogP contribution is 2.28. The van der Waals surface area contributed by atoms with Crippen molar-refractivity contribution in [2.24, 2.45) is 5.92 Å². The fourth-order valence-electron chi connectivity index (χ4n) is 1.60. The summed E-state index contributed by atoms with van der Waals surface area (Å²) in [4.78, 5) is 3.41. The van der Waals surface area contributed by atoms with E-state index < -0.39 is 11.9 Å². The van der Waals surface area contributed by atoms with Gasteiger partial charge in [-0.1, -0.05) is 20.8 Å². The zero-order chi connectivity index (χ0) is 13.1. The summed E-state index contributed by atoms with van der Waals surface area (Å²) < 4.78 is 36.9. The Morgan fingerprint density at radius 1 is 1.29 bits per heavy atom. The second-order valence-electron chi connectivity index (χ2n) is 4.33. The number of nitrogens with zero attached hydrogens (tertiary/aromatic N) is 1. The topological polar surface area (TPSA) is 24.9 Å². The molecule has 1 atom stereocenters. The van der Waals surface area contributed by atoms with Gasteiger partial charge in [-0.05, 0) is 24.5 Å². The van der Waals surface area contributed by atoms with E-state index in [0.29, 0.717) is 11.6 Å². The molecule has 1 aromatic rings. The number of halogens is 3. The summed E-state index contributed by atoms with van der Waals surface area (Å²) >= 11 is 0. The van der Waals surface area contributed by atoms with Crippen molar-refractivity contribution in [1.29, 1.82) is 0 Å². The van der Waals surface area contributed by atoms with E-state index in [1.54, 1.807) is 0 Å². The molecule has 0 fully saturated rings. The van der Waals surface area contributed by atoms with E-state index in [1.807, 2.05) is 6.92 Å². The summed E-state index contributed by atoms with van der Waals surface area (Å²) in [6.07, 6.45) is -2.23. The van der Waals surface area contributed by atoms with Crippen molar-refractivity contribution in [1.82, 2.24) is 4.98 Å². The third-order valence-electron chi connectivity index (χ3n) is 2.65. The van der Waals surface area contributed by atoms with Crippen LogP contribution in [0.25, 0.3) is 0 Å². The molecule has 0 radical (unpaired) electrons. The molecule has 2 nitrogen and oxygen atoms in total. The minimum absolute atomic E-state index is 0.244. The van der Waals surface area contributed by atoms with Crippen molar-refractivity contribution in [2.45, 2.75) is 39.4 Å². The summed E-state index contributed by atoms with van der Waals surface area (Å²) in [5.74, 6) is 0.419. The van der Waals surface area contributed by atoms with Gasteiger partial charge in [0.15, 0.2) is 0 Å². The zero-order valence-electron chi connectivity index (χ0n) is 10.2. The van der Waals surface area contributed by atoms with E-state index in [1.165, 1.54) is 12.3 Å². The van der Waals surface area contributed by atoms with Gasteiger partial charge in [0.2, 0.25) is 0 Å². The van der Waals surface area contributed by atoms with Gasteiger partial charge in [-0.25, -0.2) is 4.98 Å². The molecular weight excluding hydrogens is 229 g/mol. The normalized spacial score (nSPS) is 13.8. The lowest BCUT2D eigenvalue weighted by molar-refractivity contribution is -0.141. The monoisotopic (exact) mass is 246 g/mol. The predicted octanol–water partition coefficient (Wildman–Crippen LogP) is 3.95. The number of pyridine rings is 1. The van der Waals surface area contributed by atoms with E-state index in [2.05, 4.69) is 24.1 Å². The van der Waals surface area contributed by atoms with Gasteiger partial charge in [-0.3, -0.25) is 0 Å². The highest BCUT2D eigenvalue weighted by atomic mass is 19.4. The number of aromatic nitrogens is 1. The second kappa shape index (κ2) is 5.38. The molecule has 1 N–H and O–H groups in total. The maximum Gasteiger partial charge on any atom is 0.433 e. The van der Waals surface area contributed by atoms with Gasteiger partial charge in [0.1, 0.15) is 5.69 Å². The number of rotatable bonds is 4. The van der Waals surface area contributed by atoms with E-state index >= 15 is 0 Å². The van der Waals surface area contributed by atoms with Gasteiger partial charge in [-0.2, -0.15) is 13.2 Å². The molecule has 0 spiro atoms. The molecule has 0 aliphatic heterocycles. The largest absolute Gasteiger partial charge is 0.433 e. The summed E-state index contributed by atoms with van der Waals surface area (Å²) in [6, 6.07) is 2.66. The fourth-order valence-corrected chi connectivity index (χ4v) is 1.60. The highest BCUT2D eigenvalue weighted by Gasteiger charge is 2.32. The third kappa shape index (κ3) is 3.91. The second-order valence-corrected chi connectivity index (χ2v) is 4.33. The first-order valence-corrected chi connectivity index (χ1v) is 5.64. The van der Waals surface area contributed by atoms with Crippen molar-refractivity contribution in [3.05, 3.63) is 24.0 Å². The van der Waals surface area contributed by atoms with Crippen LogP contribution in [0.4, 0.5) is 18.9 Å². The van der Waals surface area contributed by atoms with Crippen LogP contribution in [0.5, 0.6) is 0 Å². The fraction of sp³-hybridized carbons (Fsp3) is 0.583. The molecule has 0 bridgehead atoms. The van der Waals surface area contributed by atoms with Crippen LogP contribution >= 0.6 is 0 Å². The van der Waals surface area contributed by atoms with E-state index in [9.17, 15) is 13.2 Å². The molecule has 96 valence electrons. The Labute approximate surface area is 99.3 Å². The molecule has 0 aliphatic rings. The minimum atomic E-state index is -4.37. The van der Waals surface area contributed by atoms with Crippen LogP contribution in [0.2, 0.25) is 0 Å². The Bertz CT molecular complexity index is 344. The minimum Gasteiger partial charge on any atom is -0.381 e. The summed E-state index contributed by atoms with van der Waals surface area (Å²) in [6.45, 7) is 6.17. The lowest BCUT2D eigenvalue weighted by Crippen LogP contribution is -2.24. The smallest absolute Gasteiger partial charge is 0.381 e. The first-order chi connectivity index (χ1) is 7.84. The molecule has 0 aromatic carbocycles. The molecule has 1 heterocycles. The van der Waals surface area contributed by atoms with Crippen LogP contribution < -0.4 is 5.32 Å². The van der Waals surface area contributed by atoms with Gasteiger partial charge in [0.05, 0.1) is 11.9 Å². The number of nitrogens with one attached hydrogen (secondary N) is 1. The van der Waals surface area contributed by atoms with E-state index in [-0.39, 0.29) is 6.04 Å². The van der Waals surface area contributed by atoms with Crippen LogP contribution in [0.15, 0.2) is 18.3 Å². The average molecular weight is 246 g/mol.